The van der Waals surface area contributed by atoms with E-state index in [9.17, 15) is 35.4 Å². The van der Waals surface area contributed by atoms with Gasteiger partial charge < -0.3 is 19.7 Å². The second-order valence-electron chi connectivity index (χ2n) is 12.9. The van der Waals surface area contributed by atoms with E-state index in [0.717, 1.165) is 36.7 Å². The van der Waals surface area contributed by atoms with E-state index in [2.05, 4.69) is 71.2 Å². The molecule has 0 aliphatic rings. The summed E-state index contributed by atoms with van der Waals surface area (Å²) in [6.45, 7) is 0. The highest BCUT2D eigenvalue weighted by Crippen LogP contribution is 2.30. The fourth-order valence-corrected chi connectivity index (χ4v) is 8.79. The van der Waals surface area contributed by atoms with Gasteiger partial charge in [-0.2, -0.15) is 10.5 Å². The molecule has 0 atom stereocenters. The van der Waals surface area contributed by atoms with Crippen molar-refractivity contribution in [2.45, 2.75) is 11.5 Å². The van der Waals surface area contributed by atoms with Crippen LogP contribution in [0.5, 0.6) is 0 Å². The van der Waals surface area contributed by atoms with E-state index >= 15 is 0 Å². The lowest BCUT2D eigenvalue weighted by Gasteiger charge is -2.17. The molecule has 12 nitrogen and oxygen atoms in total. The Bertz CT molecular complexity index is 2610. The fraction of sp³-hybridized carbons (Fsp3) is 0.105. The molecule has 0 radical (unpaired) electrons. The number of thiol groups is 2. The van der Waals surface area contributed by atoms with Gasteiger partial charge in [-0.15, -0.1) is 8.73 Å². The van der Waals surface area contributed by atoms with Crippen LogP contribution >= 0.6 is 31.9 Å². The Morgan fingerprint density at radius 3 is 1.33 bits per heavy atom. The van der Waals surface area contributed by atoms with Gasteiger partial charge in [-0.25, -0.2) is 46.3 Å². The minimum absolute atomic E-state index is 0.0116. The normalized spacial score (nSPS) is 11.6. The highest BCUT2D eigenvalue weighted by atomic mass is 79.9. The number of nitrogens with one attached hydrogen (secondary N) is 2. The molecule has 0 spiro atoms. The minimum atomic E-state index is -2.79. The van der Waals surface area contributed by atoms with E-state index in [0.29, 0.717) is 43.6 Å². The summed E-state index contributed by atoms with van der Waals surface area (Å²) in [6, 6.07) is 15.8. The van der Waals surface area contributed by atoms with Crippen LogP contribution in [0.15, 0.2) is 103 Å². The Kier molecular flexibility index (Phi) is 14.9. The molecule has 2 heterocycles. The molecule has 6 aromatic rings. The average Bonchev–Trinajstić information content (AvgIpc) is 3.13. The molecule has 0 unspecified atom stereocenters. The van der Waals surface area contributed by atoms with Gasteiger partial charge in [-0.05, 0) is 84.3 Å². The van der Waals surface area contributed by atoms with Crippen molar-refractivity contribution in [2.75, 3.05) is 23.1 Å². The third-order valence-electron chi connectivity index (χ3n) is 7.77. The average molecular weight is 997 g/mol. The van der Waals surface area contributed by atoms with Gasteiger partial charge in [0.2, 0.25) is 24.3 Å². The molecule has 0 saturated heterocycles. The van der Waals surface area contributed by atoms with Crippen LogP contribution < -0.4 is 10.6 Å². The van der Waals surface area contributed by atoms with Crippen molar-refractivity contribution >= 4 is 75.3 Å². The Morgan fingerprint density at radius 1 is 0.600 bits per heavy atom. The summed E-state index contributed by atoms with van der Waals surface area (Å²) in [5, 5.41) is 23.2. The number of benzene rings is 4. The van der Waals surface area contributed by atoms with Gasteiger partial charge in [0.05, 0.1) is 12.4 Å². The van der Waals surface area contributed by atoms with Crippen molar-refractivity contribution < 1.29 is 35.4 Å². The van der Waals surface area contributed by atoms with Crippen molar-refractivity contribution in [2.24, 2.45) is 8.73 Å². The van der Waals surface area contributed by atoms with Crippen LogP contribution in [0.4, 0.5) is 49.6 Å². The Balaban J connectivity index is 0.000000228. The second kappa shape index (κ2) is 19.6. The van der Waals surface area contributed by atoms with Crippen LogP contribution in [-0.2, 0) is 31.7 Å². The SMILES string of the molecule is C[SH](O)(Cc1cc(Br)cc(Nc2ncc(F)c(-c3ccc(F)cc3F)n2)c1)=NC#N.C[SH](O)(Cc1cc(Br)cc(Nc2ncc(F)c(-c3ccc(F)cc3F)n2)c1)=NC#N. The lowest BCUT2D eigenvalue weighted by molar-refractivity contribution is 0.580. The molecule has 0 saturated carbocycles. The van der Waals surface area contributed by atoms with Gasteiger partial charge >= 0.3 is 0 Å². The van der Waals surface area contributed by atoms with Gasteiger partial charge in [0.1, 0.15) is 34.7 Å². The van der Waals surface area contributed by atoms with E-state index in [1.165, 1.54) is 12.5 Å². The van der Waals surface area contributed by atoms with Gasteiger partial charge in [-0.3, -0.25) is 0 Å². The van der Waals surface area contributed by atoms with E-state index in [-0.39, 0.29) is 45.9 Å². The number of anilines is 4. The molecule has 6 rings (SSSR count). The molecule has 0 aliphatic heterocycles. The number of halogens is 8. The largest absolute Gasteiger partial charge is 0.343 e. The summed E-state index contributed by atoms with van der Waals surface area (Å²) >= 11 is 6.72. The molecule has 312 valence electrons. The molecule has 0 amide bonds. The van der Waals surface area contributed by atoms with Crippen LogP contribution in [0, 0.1) is 57.8 Å². The summed E-state index contributed by atoms with van der Waals surface area (Å²) in [5.41, 5.74) is 1.36. The third-order valence-corrected chi connectivity index (χ3v) is 11.7. The zero-order valence-electron chi connectivity index (χ0n) is 30.9. The Labute approximate surface area is 357 Å². The lowest BCUT2D eigenvalue weighted by Crippen LogP contribution is -2.10. The van der Waals surface area contributed by atoms with Crippen molar-refractivity contribution in [3.63, 3.8) is 0 Å². The number of nitrogens with zero attached hydrogens (tertiary/aromatic N) is 8. The van der Waals surface area contributed by atoms with Gasteiger partial charge in [0.15, 0.2) is 11.6 Å². The maximum atomic E-state index is 14.2. The molecular formula is C38H30Br2F6N10O2S2. The molecule has 0 bridgehead atoms. The summed E-state index contributed by atoms with van der Waals surface area (Å²) in [5.74, 6) is -4.87. The van der Waals surface area contributed by atoms with Gasteiger partial charge in [-0.1, -0.05) is 52.1 Å². The Morgan fingerprint density at radius 2 is 0.983 bits per heavy atom. The number of aromatic nitrogens is 4. The molecule has 4 N–H and O–H groups in total. The number of hydrogen-bond acceptors (Lipinski definition) is 10. The van der Waals surface area contributed by atoms with E-state index in [1.54, 1.807) is 48.8 Å². The maximum Gasteiger partial charge on any atom is 0.227 e. The zero-order chi connectivity index (χ0) is 43.8. The fourth-order valence-electron chi connectivity index (χ4n) is 5.44. The summed E-state index contributed by atoms with van der Waals surface area (Å²) < 4.78 is 112. The van der Waals surface area contributed by atoms with Crippen LogP contribution in [0.3, 0.4) is 0 Å². The minimum Gasteiger partial charge on any atom is -0.343 e. The molecule has 0 aliphatic carbocycles. The first kappa shape index (κ1) is 45.5. The number of nitriles is 2. The number of rotatable bonds is 10. The maximum absolute atomic E-state index is 14.2. The van der Waals surface area contributed by atoms with E-state index in [1.807, 2.05) is 0 Å². The molecule has 22 heteroatoms. The standard InChI is InChI=1S/2C19H15BrF3N5OS/c2*1-30(29,26-10-24)9-11-4-12(20)6-14(5-11)27-19-25-8-17(23)18(28-19)15-3-2-13(21)7-16(15)22/h2*2-8,30H,9H2,1H3,(H,26,29)(H,25,27,28). The monoisotopic (exact) mass is 994 g/mol. The molecule has 0 fully saturated rings. The van der Waals surface area contributed by atoms with Crippen molar-refractivity contribution in [1.29, 1.82) is 10.5 Å². The highest BCUT2D eigenvalue weighted by Gasteiger charge is 2.17. The first-order chi connectivity index (χ1) is 28.3. The van der Waals surface area contributed by atoms with Crippen LogP contribution in [0.1, 0.15) is 11.1 Å². The van der Waals surface area contributed by atoms with Gasteiger partial charge in [0.25, 0.3) is 0 Å². The summed E-state index contributed by atoms with van der Waals surface area (Å²) in [6.07, 6.45) is 8.03. The van der Waals surface area contributed by atoms with Crippen molar-refractivity contribution in [3.05, 3.63) is 140 Å². The number of hydrogen-bond donors (Lipinski definition) is 6. The first-order valence-electron chi connectivity index (χ1n) is 16.8. The predicted octanol–water partition coefficient (Wildman–Crippen LogP) is 10.4. The third kappa shape index (κ3) is 12.7. The quantitative estimate of drug-likeness (QED) is 0.0438. The molecule has 60 heavy (non-hydrogen) atoms. The van der Waals surface area contributed by atoms with E-state index in [4.69, 9.17) is 10.5 Å². The summed E-state index contributed by atoms with van der Waals surface area (Å²) in [4.78, 5) is 15.7. The second-order valence-corrected chi connectivity index (χ2v) is 20.1. The van der Waals surface area contributed by atoms with Crippen LogP contribution in [0.25, 0.3) is 22.5 Å². The molecule has 4 aromatic carbocycles. The zero-order valence-corrected chi connectivity index (χ0v) is 35.8. The lowest BCUT2D eigenvalue weighted by atomic mass is 10.1. The molecular weight excluding hydrogens is 966 g/mol. The Hall–Kier alpha value is -5.62. The topological polar surface area (TPSA) is 188 Å². The molecule has 2 aromatic heterocycles. The highest BCUT2D eigenvalue weighted by molar-refractivity contribution is 9.10. The predicted molar refractivity (Wildman–Crippen MR) is 228 cm³/mol. The smallest absolute Gasteiger partial charge is 0.227 e. The summed E-state index contributed by atoms with van der Waals surface area (Å²) in [7, 11) is -5.58. The van der Waals surface area contributed by atoms with E-state index < -0.39 is 55.1 Å². The van der Waals surface area contributed by atoms with Crippen molar-refractivity contribution in [3.8, 4) is 34.9 Å². The van der Waals surface area contributed by atoms with Crippen LogP contribution in [-0.4, -0.2) is 41.6 Å². The first-order valence-corrected chi connectivity index (χ1v) is 23.1. The van der Waals surface area contributed by atoms with Crippen molar-refractivity contribution in [1.82, 2.24) is 19.9 Å². The van der Waals surface area contributed by atoms with Gasteiger partial charge in [0, 0.05) is 55.1 Å². The van der Waals surface area contributed by atoms with Crippen LogP contribution in [0.2, 0.25) is 0 Å².